The van der Waals surface area contributed by atoms with Crippen molar-refractivity contribution in [2.45, 2.75) is 24.0 Å². The third-order valence-corrected chi connectivity index (χ3v) is 24.4. The molecule has 1 aliphatic heterocycles. The van der Waals surface area contributed by atoms with Crippen LogP contribution < -0.4 is 10.6 Å². The van der Waals surface area contributed by atoms with Crippen LogP contribution in [0.1, 0.15) is 29.2 Å². The highest BCUT2D eigenvalue weighted by Gasteiger charge is 2.71. The molecule has 4 aliphatic carbocycles. The molecule has 0 bridgehead atoms. The molecule has 5 aliphatic rings. The van der Waals surface area contributed by atoms with Gasteiger partial charge in [-0.2, -0.15) is 0 Å². The Bertz CT molecular complexity index is 6800. The first-order valence-electron chi connectivity index (χ1n) is 24.6. The van der Waals surface area contributed by atoms with Crippen LogP contribution in [0.5, 0.6) is 0 Å². The van der Waals surface area contributed by atoms with Crippen molar-refractivity contribution in [3.63, 3.8) is 0 Å². The summed E-state index contributed by atoms with van der Waals surface area (Å²) >= 11 is 0. The van der Waals surface area contributed by atoms with Gasteiger partial charge in [0, 0.05) is 12.6 Å². The monoisotopic (exact) mass is 792 g/mol. The SMILES string of the molecule is CC1CNC23c4c5c6c7c8c9c(c%10c%11c2c2c4c4c%12c5c5c6c6c8c8c%13c9c9c%10c%10c%11c%11c2c2c4c4c%12c%12c5c5c6c8c6c8c%13c9c9c%10c%10c%11c2c2c4c4c%12c5c6c5c8c9c%10c2c45)C73N1. The van der Waals surface area contributed by atoms with E-state index in [2.05, 4.69) is 6.92 Å². The van der Waals surface area contributed by atoms with Gasteiger partial charge < -0.3 is 0 Å². The van der Waals surface area contributed by atoms with E-state index in [4.69, 9.17) is 10.6 Å². The van der Waals surface area contributed by atoms with Crippen LogP contribution in [0.2, 0.25) is 0 Å². The summed E-state index contributed by atoms with van der Waals surface area (Å²) in [6.45, 7) is 3.48. The lowest BCUT2D eigenvalue weighted by atomic mass is 9.56. The Kier molecular flexibility index (Phi) is 1.83. The highest BCUT2D eigenvalue weighted by Crippen LogP contribution is 2.84. The number of rotatable bonds is 0. The fraction of sp³-hybridized carbons (Fsp3) is 0.0794. The highest BCUT2D eigenvalue weighted by molar-refractivity contribution is 6.82. The molecule has 1 heterocycles. The Balaban J connectivity index is 1.27. The third kappa shape index (κ3) is 1.18. The van der Waals surface area contributed by atoms with Crippen LogP contribution in [-0.2, 0) is 11.1 Å². The topological polar surface area (TPSA) is 24.1 Å². The second-order valence-corrected chi connectivity index (χ2v) is 24.7. The molecule has 1 fully saturated rings. The lowest BCUT2D eigenvalue weighted by Gasteiger charge is -2.59. The van der Waals surface area contributed by atoms with Gasteiger partial charge >= 0.3 is 0 Å². The van der Waals surface area contributed by atoms with Crippen LogP contribution in [-0.4, -0.2) is 12.6 Å². The molecule has 33 rings (SSSR count). The first-order chi connectivity index (χ1) is 32.3. The van der Waals surface area contributed by atoms with Crippen LogP contribution in [0.15, 0.2) is 0 Å². The molecule has 2 N–H and O–H groups in total. The molecule has 1 unspecified atom stereocenters. The normalized spacial score (nSPS) is 24.8. The van der Waals surface area contributed by atoms with Crippen LogP contribution in [0.3, 0.4) is 0 Å². The fourth-order valence-electron chi connectivity index (χ4n) is 24.5. The van der Waals surface area contributed by atoms with Crippen molar-refractivity contribution in [3.05, 3.63) is 22.3 Å². The Morgan fingerprint density at radius 2 is 0.354 bits per heavy atom. The maximum atomic E-state index is 4.82. The minimum Gasteiger partial charge on any atom is -0.300 e. The number of piperazine rings is 1. The van der Waals surface area contributed by atoms with E-state index in [1.165, 1.54) is 0 Å². The molecule has 28 aromatic carbocycles. The van der Waals surface area contributed by atoms with Crippen molar-refractivity contribution in [1.82, 2.24) is 10.6 Å². The zero-order valence-electron chi connectivity index (χ0n) is 33.3. The summed E-state index contributed by atoms with van der Waals surface area (Å²) in [4.78, 5) is 0. The van der Waals surface area contributed by atoms with Crippen molar-refractivity contribution < 1.29 is 0 Å². The smallest absolute Gasteiger partial charge is 0.0989 e. The van der Waals surface area contributed by atoms with E-state index in [-0.39, 0.29) is 0 Å². The molecular formula is C63H8N2. The van der Waals surface area contributed by atoms with Gasteiger partial charge in [0.2, 0.25) is 0 Å². The zero-order valence-corrected chi connectivity index (χ0v) is 33.3. The Hall–Kier alpha value is -7.62. The van der Waals surface area contributed by atoms with Gasteiger partial charge in [0.15, 0.2) is 0 Å². The maximum absolute atomic E-state index is 4.82. The van der Waals surface area contributed by atoms with Crippen molar-refractivity contribution >= 4 is 291 Å². The van der Waals surface area contributed by atoms with Gasteiger partial charge in [0.1, 0.15) is 0 Å². The summed E-state index contributed by atoms with van der Waals surface area (Å²) in [7, 11) is 0. The average Bonchev–Trinajstić information content (AvgIpc) is 4.16. The van der Waals surface area contributed by atoms with Gasteiger partial charge in [-0.25, -0.2) is 0 Å². The van der Waals surface area contributed by atoms with Gasteiger partial charge in [-0.15, -0.1) is 0 Å². The van der Waals surface area contributed by atoms with Crippen molar-refractivity contribution in [2.75, 3.05) is 6.54 Å². The van der Waals surface area contributed by atoms with Crippen molar-refractivity contribution in [3.8, 4) is 0 Å². The Labute approximate surface area is 352 Å². The van der Waals surface area contributed by atoms with E-state index in [1.54, 1.807) is 313 Å². The van der Waals surface area contributed by atoms with Gasteiger partial charge in [0.25, 0.3) is 0 Å². The van der Waals surface area contributed by atoms with Crippen LogP contribution in [0.4, 0.5) is 0 Å². The molecule has 0 saturated carbocycles. The average molecular weight is 793 g/mol. The largest absolute Gasteiger partial charge is 0.300 e. The van der Waals surface area contributed by atoms with Gasteiger partial charge in [-0.3, -0.25) is 10.6 Å². The van der Waals surface area contributed by atoms with Gasteiger partial charge in [-0.1, -0.05) is 0 Å². The fourth-order valence-corrected chi connectivity index (χ4v) is 24.5. The second kappa shape index (κ2) is 5.09. The minimum absolute atomic E-state index is 0.324. The zero-order chi connectivity index (χ0) is 38.2. The van der Waals surface area contributed by atoms with Crippen LogP contribution in [0, 0.1) is 0 Å². The number of hydrogen-bond donors (Lipinski definition) is 2. The molecule has 28 aromatic rings. The lowest BCUT2D eigenvalue weighted by Crippen LogP contribution is -2.73. The van der Waals surface area contributed by atoms with Crippen LogP contribution in [0.25, 0.3) is 291 Å². The molecule has 0 amide bonds. The van der Waals surface area contributed by atoms with E-state index in [0.717, 1.165) is 6.54 Å². The molecule has 1 atom stereocenters. The third-order valence-electron chi connectivity index (χ3n) is 24.4. The van der Waals surface area contributed by atoms with E-state index in [0.29, 0.717) is 6.04 Å². The molecule has 1 saturated heterocycles. The molecular weight excluding hydrogens is 785 g/mol. The minimum atomic E-state index is -0.407. The number of nitrogens with one attached hydrogen (secondary N) is 2. The van der Waals surface area contributed by atoms with Crippen LogP contribution >= 0.6 is 0 Å². The summed E-state index contributed by atoms with van der Waals surface area (Å²) in [5, 5.41) is 99.3. The van der Waals surface area contributed by atoms with Crippen molar-refractivity contribution in [2.24, 2.45) is 0 Å². The molecule has 2 nitrogen and oxygen atoms in total. The lowest BCUT2D eigenvalue weighted by molar-refractivity contribution is 0.145. The van der Waals surface area contributed by atoms with E-state index in [1.807, 2.05) is 0 Å². The molecule has 0 aromatic heterocycles. The second-order valence-electron chi connectivity index (χ2n) is 24.7. The molecule has 270 valence electrons. The number of benzene rings is 18. The first kappa shape index (κ1) is 23.4. The summed E-state index contributed by atoms with van der Waals surface area (Å²) in [6, 6.07) is 0.324. The molecule has 2 heteroatoms. The summed E-state index contributed by atoms with van der Waals surface area (Å²) < 4.78 is 0. The highest BCUT2D eigenvalue weighted by atomic mass is 15.2. The summed E-state index contributed by atoms with van der Waals surface area (Å²) in [5.41, 5.74) is 5.94. The quantitative estimate of drug-likeness (QED) is 0.150. The number of hydrogen-bond acceptors (Lipinski definition) is 2. The summed E-state index contributed by atoms with van der Waals surface area (Å²) in [6.07, 6.45) is 0. The standard InChI is InChI=1S/C63H8N2/c1-3-2-64-62-58-50-42-32-22-14-6-4-5-8-12-10(6)18-26-20(12)30-24-16(8)17-9(5)13-11-7(4)15(14)23-29-19(11)27-21(13)31-25(17)35-34(24)44-38(30)48-40(26)46(36(42)28(18)22)52(58)54(48)60-56(44)57-45(35)39(31)49-41(27)47-37(29)43(33(23)32)51(50)59(62)53(47)55(49)61(57)63(60,62)65-3/h3,64-65H,2H2,1H3. The van der Waals surface area contributed by atoms with E-state index < -0.39 is 11.1 Å². The Morgan fingerprint density at radius 1 is 0.215 bits per heavy atom. The van der Waals surface area contributed by atoms with Gasteiger partial charge in [-0.05, 0) is 320 Å². The first-order valence-corrected chi connectivity index (χ1v) is 24.6. The van der Waals surface area contributed by atoms with E-state index in [9.17, 15) is 0 Å². The summed E-state index contributed by atoms with van der Waals surface area (Å²) in [5.74, 6) is 0. The molecule has 65 heavy (non-hydrogen) atoms. The van der Waals surface area contributed by atoms with E-state index >= 15 is 0 Å². The molecule has 0 radical (unpaired) electrons. The Morgan fingerprint density at radius 3 is 0.523 bits per heavy atom. The maximum Gasteiger partial charge on any atom is 0.0989 e. The predicted octanol–water partition coefficient (Wildman–Crippen LogP) is 15.8. The van der Waals surface area contributed by atoms with Crippen molar-refractivity contribution in [1.29, 1.82) is 0 Å². The predicted molar refractivity (Wildman–Crippen MR) is 274 cm³/mol. The van der Waals surface area contributed by atoms with Gasteiger partial charge in [0.05, 0.1) is 11.1 Å². The molecule has 2 spiro atoms.